The highest BCUT2D eigenvalue weighted by atomic mass is 16.2. The molecule has 2 amide bonds. The number of amides is 2. The van der Waals surface area contributed by atoms with Gasteiger partial charge in [-0.25, -0.2) is 9.97 Å². The lowest BCUT2D eigenvalue weighted by Crippen LogP contribution is -2.44. The van der Waals surface area contributed by atoms with Crippen LogP contribution in [0, 0.1) is 0 Å². The van der Waals surface area contributed by atoms with Crippen LogP contribution in [0.15, 0.2) is 91.3 Å². The van der Waals surface area contributed by atoms with Crippen molar-refractivity contribution in [2.75, 3.05) is 26.2 Å². The number of carbonyl (C=O) groups excluding carboxylic acids is 2. The topological polar surface area (TPSA) is 101 Å². The number of aromatic amines is 2. The van der Waals surface area contributed by atoms with Gasteiger partial charge in [0.2, 0.25) is 11.8 Å². The van der Waals surface area contributed by atoms with Gasteiger partial charge in [-0.15, -0.1) is 0 Å². The van der Waals surface area contributed by atoms with Crippen molar-refractivity contribution in [2.24, 2.45) is 0 Å². The van der Waals surface area contributed by atoms with Crippen molar-refractivity contribution in [3.05, 3.63) is 108 Å². The SMILES string of the molecule is CC(=O)N1CCC[C@H]1c1ncc(-c2ccc(-c3ccc(-c4cnc([C@@H]5CCCN5C(=O)[C@@H](c5ccccc5)N5CCCCC5)[nH]4)cc3)cc2)[nH]1. The molecule has 9 heteroatoms. The van der Waals surface area contributed by atoms with Crippen molar-refractivity contribution in [1.82, 2.24) is 34.6 Å². The van der Waals surface area contributed by atoms with Gasteiger partial charge < -0.3 is 19.8 Å². The molecule has 0 bridgehead atoms. The second-order valence-corrected chi connectivity index (χ2v) is 14.0. The smallest absolute Gasteiger partial charge is 0.245 e. The van der Waals surface area contributed by atoms with E-state index in [2.05, 4.69) is 85.4 Å². The predicted octanol–water partition coefficient (Wildman–Crippen LogP) is 7.71. The molecule has 2 N–H and O–H groups in total. The minimum Gasteiger partial charge on any atom is -0.340 e. The van der Waals surface area contributed by atoms with Gasteiger partial charge in [-0.1, -0.05) is 85.3 Å². The van der Waals surface area contributed by atoms with E-state index in [-0.39, 0.29) is 29.9 Å². The fourth-order valence-corrected chi connectivity index (χ4v) is 8.21. The summed E-state index contributed by atoms with van der Waals surface area (Å²) in [7, 11) is 0. The number of benzene rings is 3. The standard InChI is InChI=1S/C41H45N7O2/c1-28(49)47-24-8-12-36(47)39-42-26-34(44-39)31-18-14-29(15-19-31)30-16-20-32(21-17-30)35-27-43-40(45-35)37-13-9-25-48(37)41(50)38(33-10-4-2-5-11-33)46-22-6-3-7-23-46/h2,4-5,10-11,14-21,26-27,36-38H,3,6-9,12-13,22-25H2,1H3,(H,42,44)(H,43,45)/t36-,37-,38+/m0/s1. The average molecular weight is 668 g/mol. The molecule has 3 aliphatic heterocycles. The molecular formula is C41H45N7O2. The summed E-state index contributed by atoms with van der Waals surface area (Å²) in [5.74, 6) is 2.01. The van der Waals surface area contributed by atoms with Gasteiger partial charge in [0, 0.05) is 20.0 Å². The van der Waals surface area contributed by atoms with Crippen molar-refractivity contribution < 1.29 is 9.59 Å². The summed E-state index contributed by atoms with van der Waals surface area (Å²) >= 11 is 0. The summed E-state index contributed by atoms with van der Waals surface area (Å²) < 4.78 is 0. The monoisotopic (exact) mass is 667 g/mol. The van der Waals surface area contributed by atoms with Gasteiger partial charge >= 0.3 is 0 Å². The lowest BCUT2D eigenvalue weighted by molar-refractivity contribution is -0.139. The molecule has 5 aromatic rings. The van der Waals surface area contributed by atoms with Crippen molar-refractivity contribution in [2.45, 2.75) is 70.0 Å². The first-order chi connectivity index (χ1) is 24.5. The summed E-state index contributed by atoms with van der Waals surface area (Å²) in [5.41, 5.74) is 7.38. The number of hydrogen-bond acceptors (Lipinski definition) is 5. The number of aromatic nitrogens is 4. The maximum absolute atomic E-state index is 14.3. The van der Waals surface area contributed by atoms with Crippen LogP contribution in [-0.2, 0) is 9.59 Å². The maximum Gasteiger partial charge on any atom is 0.245 e. The molecule has 5 heterocycles. The number of likely N-dealkylation sites (tertiary alicyclic amines) is 3. The Morgan fingerprint density at radius 3 is 1.66 bits per heavy atom. The molecule has 0 spiro atoms. The van der Waals surface area contributed by atoms with E-state index in [0.717, 1.165) is 116 Å². The highest BCUT2D eigenvalue weighted by Crippen LogP contribution is 2.37. The van der Waals surface area contributed by atoms with E-state index >= 15 is 0 Å². The van der Waals surface area contributed by atoms with Gasteiger partial charge in [0.1, 0.15) is 17.7 Å². The molecular weight excluding hydrogens is 622 g/mol. The van der Waals surface area contributed by atoms with E-state index < -0.39 is 0 Å². The van der Waals surface area contributed by atoms with Crippen LogP contribution in [0.5, 0.6) is 0 Å². The number of hydrogen-bond donors (Lipinski definition) is 2. The third kappa shape index (κ3) is 6.38. The fraction of sp³-hybridized carbons (Fsp3) is 0.366. The molecule has 3 fully saturated rings. The number of carbonyl (C=O) groups is 2. The van der Waals surface area contributed by atoms with E-state index in [9.17, 15) is 9.59 Å². The zero-order chi connectivity index (χ0) is 34.0. The molecule has 3 aromatic carbocycles. The van der Waals surface area contributed by atoms with Crippen molar-refractivity contribution in [3.63, 3.8) is 0 Å². The van der Waals surface area contributed by atoms with Gasteiger partial charge in [-0.2, -0.15) is 0 Å². The summed E-state index contributed by atoms with van der Waals surface area (Å²) in [6.07, 6.45) is 11.1. The third-order valence-corrected chi connectivity index (χ3v) is 10.8. The lowest BCUT2D eigenvalue weighted by atomic mass is 10.00. The van der Waals surface area contributed by atoms with Gasteiger partial charge in [-0.05, 0) is 79.4 Å². The summed E-state index contributed by atoms with van der Waals surface area (Å²) in [4.78, 5) is 49.2. The molecule has 3 saturated heterocycles. The molecule has 0 unspecified atom stereocenters. The first-order valence-electron chi connectivity index (χ1n) is 18.2. The Balaban J connectivity index is 0.953. The molecule has 0 radical (unpaired) electrons. The van der Waals surface area contributed by atoms with Crippen LogP contribution in [0.2, 0.25) is 0 Å². The van der Waals surface area contributed by atoms with Crippen LogP contribution >= 0.6 is 0 Å². The minimum atomic E-state index is -0.249. The number of piperidine rings is 1. The molecule has 0 saturated carbocycles. The van der Waals surface area contributed by atoms with Crippen LogP contribution < -0.4 is 0 Å². The Bertz CT molecular complexity index is 1930. The van der Waals surface area contributed by atoms with Crippen LogP contribution in [0.3, 0.4) is 0 Å². The van der Waals surface area contributed by atoms with Crippen LogP contribution in [0.25, 0.3) is 33.6 Å². The Morgan fingerprint density at radius 1 is 0.620 bits per heavy atom. The van der Waals surface area contributed by atoms with E-state index in [1.807, 2.05) is 35.5 Å². The second kappa shape index (κ2) is 14.1. The molecule has 3 aliphatic rings. The highest BCUT2D eigenvalue weighted by molar-refractivity contribution is 5.84. The van der Waals surface area contributed by atoms with E-state index in [1.165, 1.54) is 6.42 Å². The summed E-state index contributed by atoms with van der Waals surface area (Å²) in [5, 5.41) is 0. The van der Waals surface area contributed by atoms with E-state index in [0.29, 0.717) is 0 Å². The fourth-order valence-electron chi connectivity index (χ4n) is 8.21. The summed E-state index contributed by atoms with van der Waals surface area (Å²) in [6, 6.07) is 27.1. The number of nitrogens with zero attached hydrogens (tertiary/aromatic N) is 5. The summed E-state index contributed by atoms with van der Waals surface area (Å²) in [6.45, 7) is 5.10. The van der Waals surface area contributed by atoms with E-state index in [1.54, 1.807) is 6.92 Å². The zero-order valence-corrected chi connectivity index (χ0v) is 28.7. The largest absolute Gasteiger partial charge is 0.340 e. The molecule has 8 rings (SSSR count). The van der Waals surface area contributed by atoms with Crippen LogP contribution in [-0.4, -0.2) is 72.6 Å². The van der Waals surface area contributed by atoms with Gasteiger partial charge in [0.05, 0.1) is 35.9 Å². The van der Waals surface area contributed by atoms with Crippen molar-refractivity contribution in [1.29, 1.82) is 0 Å². The van der Waals surface area contributed by atoms with Crippen LogP contribution in [0.4, 0.5) is 0 Å². The molecule has 2 aromatic heterocycles. The Labute approximate surface area is 293 Å². The number of H-pyrrole nitrogens is 2. The van der Waals surface area contributed by atoms with Gasteiger partial charge in [-0.3, -0.25) is 14.5 Å². The number of imidazole rings is 2. The normalized spacial score (nSPS) is 20.3. The average Bonchev–Trinajstić information content (AvgIpc) is 3.99. The first kappa shape index (κ1) is 32.2. The quantitative estimate of drug-likeness (QED) is 0.177. The lowest BCUT2D eigenvalue weighted by Gasteiger charge is -2.37. The molecule has 3 atom stereocenters. The molecule has 0 aliphatic carbocycles. The third-order valence-electron chi connectivity index (χ3n) is 10.8. The Kier molecular flexibility index (Phi) is 9.06. The van der Waals surface area contributed by atoms with Gasteiger partial charge in [0.25, 0.3) is 0 Å². The van der Waals surface area contributed by atoms with Crippen LogP contribution in [0.1, 0.15) is 87.2 Å². The van der Waals surface area contributed by atoms with Crippen molar-refractivity contribution >= 4 is 11.8 Å². The Morgan fingerprint density at radius 2 is 1.12 bits per heavy atom. The first-order valence-corrected chi connectivity index (χ1v) is 18.2. The predicted molar refractivity (Wildman–Crippen MR) is 195 cm³/mol. The number of nitrogens with one attached hydrogen (secondary N) is 2. The zero-order valence-electron chi connectivity index (χ0n) is 28.7. The maximum atomic E-state index is 14.3. The number of rotatable bonds is 8. The molecule has 50 heavy (non-hydrogen) atoms. The second-order valence-electron chi connectivity index (χ2n) is 14.0. The van der Waals surface area contributed by atoms with Gasteiger partial charge in [0.15, 0.2) is 0 Å². The molecule has 256 valence electrons. The van der Waals surface area contributed by atoms with E-state index in [4.69, 9.17) is 4.98 Å². The molecule has 9 nitrogen and oxygen atoms in total. The highest BCUT2D eigenvalue weighted by Gasteiger charge is 2.39. The minimum absolute atomic E-state index is 0.0287. The van der Waals surface area contributed by atoms with Crippen molar-refractivity contribution in [3.8, 4) is 33.6 Å². The Hall–Kier alpha value is -5.02.